The second-order valence-corrected chi connectivity index (χ2v) is 3.87. The van der Waals surface area contributed by atoms with E-state index in [1.54, 1.807) is 11.3 Å². The smallest absolute Gasteiger partial charge is 0.0363 e. The van der Waals surface area contributed by atoms with Crippen molar-refractivity contribution in [2.24, 2.45) is 0 Å². The lowest BCUT2D eigenvalue weighted by molar-refractivity contribution is 0.538. The van der Waals surface area contributed by atoms with Crippen LogP contribution in [0.3, 0.4) is 0 Å². The molecule has 1 unspecified atom stereocenters. The third-order valence-electron chi connectivity index (χ3n) is 1.99. The molecule has 0 fully saturated rings. The number of hydrogen-bond acceptors (Lipinski definition) is 2. The number of rotatable bonds is 6. The molecule has 1 aromatic rings. The van der Waals surface area contributed by atoms with E-state index in [9.17, 15) is 0 Å². The maximum absolute atomic E-state index is 3.78. The molecule has 0 radical (unpaired) electrons. The van der Waals surface area contributed by atoms with Gasteiger partial charge in [0.15, 0.2) is 0 Å². The topological polar surface area (TPSA) is 12.0 Å². The minimum absolute atomic E-state index is 0.462. The van der Waals surface area contributed by atoms with Gasteiger partial charge in [-0.2, -0.15) is 11.3 Å². The van der Waals surface area contributed by atoms with Crippen LogP contribution in [0.25, 0.3) is 0 Å². The van der Waals surface area contributed by atoms with E-state index >= 15 is 0 Å². The van der Waals surface area contributed by atoms with Crippen molar-refractivity contribution in [3.63, 3.8) is 0 Å². The first-order chi connectivity index (χ1) is 6.38. The molecule has 1 heterocycles. The lowest BCUT2D eigenvalue weighted by atomic mass is 10.1. The molecule has 0 aliphatic carbocycles. The van der Waals surface area contributed by atoms with Crippen LogP contribution >= 0.6 is 11.3 Å². The summed E-state index contributed by atoms with van der Waals surface area (Å²) in [4.78, 5) is 0. The van der Waals surface area contributed by atoms with E-state index in [0.717, 1.165) is 13.0 Å². The Bertz CT molecular complexity index is 228. The Kier molecular flexibility index (Phi) is 4.79. The van der Waals surface area contributed by atoms with Crippen molar-refractivity contribution in [3.05, 3.63) is 35.0 Å². The van der Waals surface area contributed by atoms with Gasteiger partial charge in [-0.15, -0.1) is 6.58 Å². The van der Waals surface area contributed by atoms with Crippen LogP contribution < -0.4 is 5.32 Å². The minimum atomic E-state index is 0.462. The first-order valence-corrected chi connectivity index (χ1v) is 5.69. The van der Waals surface area contributed by atoms with Gasteiger partial charge in [0.05, 0.1) is 0 Å². The third kappa shape index (κ3) is 3.33. The van der Waals surface area contributed by atoms with Gasteiger partial charge < -0.3 is 5.32 Å². The molecule has 0 spiro atoms. The molecule has 1 N–H and O–H groups in total. The number of hydrogen-bond donors (Lipinski definition) is 1. The molecule has 0 saturated heterocycles. The maximum Gasteiger partial charge on any atom is 0.0363 e. The molecular weight excluding hydrogens is 178 g/mol. The van der Waals surface area contributed by atoms with Gasteiger partial charge in [0, 0.05) is 6.04 Å². The van der Waals surface area contributed by atoms with Gasteiger partial charge in [-0.1, -0.05) is 13.0 Å². The summed E-state index contributed by atoms with van der Waals surface area (Å²) in [6.07, 6.45) is 4.17. The fourth-order valence-electron chi connectivity index (χ4n) is 1.30. The molecule has 0 aromatic carbocycles. The number of nitrogens with one attached hydrogen (secondary N) is 1. The van der Waals surface area contributed by atoms with Crippen molar-refractivity contribution >= 4 is 11.3 Å². The molecule has 1 aromatic heterocycles. The Morgan fingerprint density at radius 1 is 1.69 bits per heavy atom. The summed E-state index contributed by atoms with van der Waals surface area (Å²) < 4.78 is 0. The highest BCUT2D eigenvalue weighted by molar-refractivity contribution is 7.07. The van der Waals surface area contributed by atoms with Crippen molar-refractivity contribution in [2.75, 3.05) is 6.54 Å². The molecule has 1 atom stereocenters. The minimum Gasteiger partial charge on any atom is -0.310 e. The summed E-state index contributed by atoms with van der Waals surface area (Å²) in [7, 11) is 0. The van der Waals surface area contributed by atoms with E-state index in [2.05, 4.69) is 35.6 Å². The quantitative estimate of drug-likeness (QED) is 0.686. The van der Waals surface area contributed by atoms with Gasteiger partial charge in [0.25, 0.3) is 0 Å². The summed E-state index contributed by atoms with van der Waals surface area (Å²) in [5.41, 5.74) is 1.39. The van der Waals surface area contributed by atoms with Crippen molar-refractivity contribution in [3.8, 4) is 0 Å². The third-order valence-corrected chi connectivity index (χ3v) is 2.69. The molecule has 1 rings (SSSR count). The van der Waals surface area contributed by atoms with Crippen LogP contribution in [0.2, 0.25) is 0 Å². The lowest BCUT2D eigenvalue weighted by Gasteiger charge is -2.15. The van der Waals surface area contributed by atoms with E-state index in [-0.39, 0.29) is 0 Å². The van der Waals surface area contributed by atoms with Crippen LogP contribution in [-0.4, -0.2) is 6.54 Å². The monoisotopic (exact) mass is 195 g/mol. The Morgan fingerprint density at radius 3 is 3.08 bits per heavy atom. The Morgan fingerprint density at radius 2 is 2.54 bits per heavy atom. The predicted octanol–water partition coefficient (Wildman–Crippen LogP) is 3.36. The van der Waals surface area contributed by atoms with Crippen molar-refractivity contribution in [1.29, 1.82) is 0 Å². The molecule has 0 bridgehead atoms. The van der Waals surface area contributed by atoms with Crippen LogP contribution in [0.4, 0.5) is 0 Å². The van der Waals surface area contributed by atoms with E-state index in [0.29, 0.717) is 6.04 Å². The molecule has 2 heteroatoms. The van der Waals surface area contributed by atoms with Gasteiger partial charge in [0.1, 0.15) is 0 Å². The average Bonchev–Trinajstić information content (AvgIpc) is 2.65. The van der Waals surface area contributed by atoms with Gasteiger partial charge in [-0.3, -0.25) is 0 Å². The normalized spacial score (nSPS) is 12.7. The lowest BCUT2D eigenvalue weighted by Crippen LogP contribution is -2.21. The molecule has 72 valence electrons. The second kappa shape index (κ2) is 5.95. The fraction of sp³-hybridized carbons (Fsp3) is 0.455. The van der Waals surface area contributed by atoms with Gasteiger partial charge in [0.2, 0.25) is 0 Å². The van der Waals surface area contributed by atoms with Crippen LogP contribution in [-0.2, 0) is 0 Å². The summed E-state index contributed by atoms with van der Waals surface area (Å²) >= 11 is 1.75. The highest BCUT2D eigenvalue weighted by atomic mass is 32.1. The zero-order valence-electron chi connectivity index (χ0n) is 8.12. The maximum atomic E-state index is 3.78. The highest BCUT2D eigenvalue weighted by Crippen LogP contribution is 2.19. The first kappa shape index (κ1) is 10.5. The molecule has 0 amide bonds. The molecule has 0 aliphatic heterocycles. The van der Waals surface area contributed by atoms with Gasteiger partial charge in [-0.05, 0) is 41.8 Å². The van der Waals surface area contributed by atoms with Crippen molar-refractivity contribution < 1.29 is 0 Å². The fourth-order valence-corrected chi connectivity index (χ4v) is 2.01. The van der Waals surface area contributed by atoms with Crippen LogP contribution in [0.5, 0.6) is 0 Å². The van der Waals surface area contributed by atoms with E-state index < -0.39 is 0 Å². The summed E-state index contributed by atoms with van der Waals surface area (Å²) in [6, 6.07) is 2.64. The Balaban J connectivity index is 2.51. The molecule has 0 aliphatic rings. The van der Waals surface area contributed by atoms with Gasteiger partial charge >= 0.3 is 0 Å². The predicted molar refractivity (Wildman–Crippen MR) is 60.2 cm³/mol. The standard InChI is InChI=1S/C11H17NS/c1-3-5-11(12-7-4-2)10-6-8-13-9-10/h3,6,8-9,11-12H,1,4-5,7H2,2H3. The van der Waals surface area contributed by atoms with Crippen LogP contribution in [0.1, 0.15) is 31.4 Å². The highest BCUT2D eigenvalue weighted by Gasteiger charge is 2.07. The summed E-state index contributed by atoms with van der Waals surface area (Å²) in [6.45, 7) is 7.05. The van der Waals surface area contributed by atoms with Crippen molar-refractivity contribution in [1.82, 2.24) is 5.32 Å². The van der Waals surface area contributed by atoms with Crippen molar-refractivity contribution in [2.45, 2.75) is 25.8 Å². The molecule has 13 heavy (non-hydrogen) atoms. The average molecular weight is 195 g/mol. The zero-order chi connectivity index (χ0) is 9.52. The second-order valence-electron chi connectivity index (χ2n) is 3.09. The molecule has 0 saturated carbocycles. The Labute approximate surface area is 84.5 Å². The SMILES string of the molecule is C=CCC(NCCC)c1ccsc1. The Hall–Kier alpha value is -0.600. The molecular formula is C11H17NS. The summed E-state index contributed by atoms with van der Waals surface area (Å²) in [5.74, 6) is 0. The summed E-state index contributed by atoms with van der Waals surface area (Å²) in [5, 5.41) is 7.84. The van der Waals surface area contributed by atoms with Crippen LogP contribution in [0.15, 0.2) is 29.5 Å². The first-order valence-electron chi connectivity index (χ1n) is 4.74. The zero-order valence-corrected chi connectivity index (χ0v) is 8.94. The van der Waals surface area contributed by atoms with Crippen LogP contribution in [0, 0.1) is 0 Å². The van der Waals surface area contributed by atoms with E-state index in [4.69, 9.17) is 0 Å². The van der Waals surface area contributed by atoms with E-state index in [1.165, 1.54) is 12.0 Å². The van der Waals surface area contributed by atoms with E-state index in [1.807, 2.05) is 6.08 Å². The molecule has 1 nitrogen and oxygen atoms in total. The van der Waals surface area contributed by atoms with Gasteiger partial charge in [-0.25, -0.2) is 0 Å². The largest absolute Gasteiger partial charge is 0.310 e. The number of thiophene rings is 1.